The zero-order chi connectivity index (χ0) is 11.8. The Labute approximate surface area is 97.8 Å². The summed E-state index contributed by atoms with van der Waals surface area (Å²) in [5.41, 5.74) is 6.68. The standard InChI is InChI=1S/C12H11N3O2/c13-11-5-6-14-15(11)12(16)10-7-8-3-1-2-4-9(8)17-10/h1-6,10H,7,13H2. The van der Waals surface area contributed by atoms with Crippen molar-refractivity contribution >= 4 is 11.7 Å². The lowest BCUT2D eigenvalue weighted by Gasteiger charge is -2.09. The molecule has 0 amide bonds. The van der Waals surface area contributed by atoms with E-state index in [2.05, 4.69) is 5.10 Å². The summed E-state index contributed by atoms with van der Waals surface area (Å²) < 4.78 is 6.76. The number of carbonyl (C=O) groups excluding carboxylic acids is 1. The molecule has 0 fully saturated rings. The van der Waals surface area contributed by atoms with Crippen LogP contribution in [0.1, 0.15) is 10.4 Å². The number of ether oxygens (including phenoxy) is 1. The summed E-state index contributed by atoms with van der Waals surface area (Å²) in [6.45, 7) is 0. The van der Waals surface area contributed by atoms with Crippen LogP contribution in [0.3, 0.4) is 0 Å². The van der Waals surface area contributed by atoms with Gasteiger partial charge in [-0.3, -0.25) is 4.79 Å². The molecule has 1 aliphatic heterocycles. The average Bonchev–Trinajstić information content (AvgIpc) is 2.93. The fourth-order valence-corrected chi connectivity index (χ4v) is 1.95. The quantitative estimate of drug-likeness (QED) is 0.795. The molecule has 0 bridgehead atoms. The lowest BCUT2D eigenvalue weighted by molar-refractivity contribution is 0.0720. The first-order valence-electron chi connectivity index (χ1n) is 5.34. The summed E-state index contributed by atoms with van der Waals surface area (Å²) in [5.74, 6) is 0.856. The molecule has 2 N–H and O–H groups in total. The Kier molecular flexibility index (Phi) is 2.11. The first kappa shape index (κ1) is 9.89. The van der Waals surface area contributed by atoms with Crippen molar-refractivity contribution < 1.29 is 9.53 Å². The number of nitrogens with two attached hydrogens (primary N) is 1. The van der Waals surface area contributed by atoms with E-state index in [0.29, 0.717) is 12.2 Å². The molecule has 0 aliphatic carbocycles. The zero-order valence-corrected chi connectivity index (χ0v) is 9.04. The van der Waals surface area contributed by atoms with Crippen molar-refractivity contribution in [3.05, 3.63) is 42.1 Å². The minimum Gasteiger partial charge on any atom is -0.480 e. The Morgan fingerprint density at radius 1 is 1.41 bits per heavy atom. The number of nitrogen functional groups attached to an aromatic ring is 1. The molecule has 1 aromatic carbocycles. The molecule has 0 saturated carbocycles. The van der Waals surface area contributed by atoms with Crippen molar-refractivity contribution in [2.45, 2.75) is 12.5 Å². The van der Waals surface area contributed by atoms with E-state index < -0.39 is 6.10 Å². The maximum Gasteiger partial charge on any atom is 0.290 e. The van der Waals surface area contributed by atoms with Crippen LogP contribution in [0.15, 0.2) is 36.5 Å². The molecule has 0 saturated heterocycles. The number of hydrogen-bond acceptors (Lipinski definition) is 4. The topological polar surface area (TPSA) is 70.1 Å². The summed E-state index contributed by atoms with van der Waals surface area (Å²) >= 11 is 0. The van der Waals surface area contributed by atoms with Crippen molar-refractivity contribution in [3.8, 4) is 5.75 Å². The molecule has 86 valence electrons. The van der Waals surface area contributed by atoms with Gasteiger partial charge in [-0.25, -0.2) is 0 Å². The Morgan fingerprint density at radius 3 is 2.94 bits per heavy atom. The summed E-state index contributed by atoms with van der Waals surface area (Å²) in [7, 11) is 0. The molecule has 1 aromatic heterocycles. The largest absolute Gasteiger partial charge is 0.480 e. The van der Waals surface area contributed by atoms with Crippen LogP contribution in [0.2, 0.25) is 0 Å². The molecule has 1 unspecified atom stereocenters. The van der Waals surface area contributed by atoms with Crippen molar-refractivity contribution in [3.63, 3.8) is 0 Å². The van der Waals surface area contributed by atoms with Crippen LogP contribution in [0, 0.1) is 0 Å². The summed E-state index contributed by atoms with van der Waals surface area (Å²) in [6, 6.07) is 9.20. The SMILES string of the molecule is Nc1ccnn1C(=O)C1Cc2ccccc2O1. The van der Waals surface area contributed by atoms with Gasteiger partial charge < -0.3 is 10.5 Å². The second-order valence-corrected chi connectivity index (χ2v) is 3.92. The smallest absolute Gasteiger partial charge is 0.290 e. The van der Waals surface area contributed by atoms with E-state index >= 15 is 0 Å². The van der Waals surface area contributed by atoms with E-state index in [4.69, 9.17) is 10.5 Å². The van der Waals surface area contributed by atoms with Crippen molar-refractivity contribution in [2.24, 2.45) is 0 Å². The van der Waals surface area contributed by atoms with Crippen molar-refractivity contribution in [1.29, 1.82) is 0 Å². The zero-order valence-electron chi connectivity index (χ0n) is 9.04. The molecule has 17 heavy (non-hydrogen) atoms. The van der Waals surface area contributed by atoms with E-state index in [9.17, 15) is 4.79 Å². The van der Waals surface area contributed by atoms with Gasteiger partial charge in [-0.2, -0.15) is 9.78 Å². The molecule has 3 rings (SSSR count). The number of hydrogen-bond donors (Lipinski definition) is 1. The second-order valence-electron chi connectivity index (χ2n) is 3.92. The summed E-state index contributed by atoms with van der Waals surface area (Å²) in [6.07, 6.45) is 1.53. The number of aromatic nitrogens is 2. The highest BCUT2D eigenvalue weighted by atomic mass is 16.5. The normalized spacial score (nSPS) is 17.5. The lowest BCUT2D eigenvalue weighted by Crippen LogP contribution is -2.32. The van der Waals surface area contributed by atoms with Gasteiger partial charge in [0.1, 0.15) is 11.6 Å². The lowest BCUT2D eigenvalue weighted by atomic mass is 10.1. The molecule has 1 atom stereocenters. The van der Waals surface area contributed by atoms with Gasteiger partial charge in [0, 0.05) is 12.5 Å². The first-order chi connectivity index (χ1) is 8.25. The molecule has 2 aromatic rings. The second kappa shape index (κ2) is 3.62. The highest BCUT2D eigenvalue weighted by Crippen LogP contribution is 2.28. The van der Waals surface area contributed by atoms with Crippen LogP contribution < -0.4 is 10.5 Å². The number of fused-ring (bicyclic) bond motifs is 1. The monoisotopic (exact) mass is 229 g/mol. The van der Waals surface area contributed by atoms with Crippen LogP contribution in [-0.2, 0) is 6.42 Å². The van der Waals surface area contributed by atoms with Crippen LogP contribution in [0.5, 0.6) is 5.75 Å². The van der Waals surface area contributed by atoms with E-state index in [1.165, 1.54) is 10.9 Å². The summed E-state index contributed by atoms with van der Waals surface area (Å²) in [4.78, 5) is 12.1. The van der Waals surface area contributed by atoms with Crippen LogP contribution >= 0.6 is 0 Å². The van der Waals surface area contributed by atoms with Gasteiger partial charge in [-0.1, -0.05) is 18.2 Å². The van der Waals surface area contributed by atoms with Gasteiger partial charge in [0.25, 0.3) is 5.91 Å². The number of nitrogens with zero attached hydrogens (tertiary/aromatic N) is 2. The van der Waals surface area contributed by atoms with Crippen LogP contribution in [0.25, 0.3) is 0 Å². The number of benzene rings is 1. The molecular formula is C12H11N3O2. The Bertz CT molecular complexity index is 552. The van der Waals surface area contributed by atoms with Crippen molar-refractivity contribution in [2.75, 3.05) is 5.73 Å². The number of para-hydroxylation sites is 1. The van der Waals surface area contributed by atoms with E-state index in [0.717, 1.165) is 11.3 Å². The number of carbonyl (C=O) groups is 1. The van der Waals surface area contributed by atoms with Gasteiger partial charge in [0.15, 0.2) is 6.10 Å². The minimum atomic E-state index is -0.533. The Hall–Kier alpha value is -2.30. The summed E-state index contributed by atoms with van der Waals surface area (Å²) in [5, 5.41) is 3.89. The third-order valence-corrected chi connectivity index (χ3v) is 2.80. The first-order valence-corrected chi connectivity index (χ1v) is 5.34. The molecule has 0 spiro atoms. The molecule has 5 heteroatoms. The van der Waals surface area contributed by atoms with Gasteiger partial charge in [-0.15, -0.1) is 0 Å². The van der Waals surface area contributed by atoms with E-state index in [1.807, 2.05) is 24.3 Å². The van der Waals surface area contributed by atoms with Gasteiger partial charge in [0.05, 0.1) is 6.20 Å². The number of rotatable bonds is 1. The molecule has 0 radical (unpaired) electrons. The number of anilines is 1. The fourth-order valence-electron chi connectivity index (χ4n) is 1.95. The predicted octanol–water partition coefficient (Wildman–Crippen LogP) is 1.11. The Morgan fingerprint density at radius 2 is 2.24 bits per heavy atom. The molecular weight excluding hydrogens is 218 g/mol. The third kappa shape index (κ3) is 1.56. The fraction of sp³-hybridized carbons (Fsp3) is 0.167. The van der Waals surface area contributed by atoms with Crippen LogP contribution in [-0.4, -0.2) is 21.8 Å². The maximum atomic E-state index is 12.1. The van der Waals surface area contributed by atoms with E-state index in [1.54, 1.807) is 6.07 Å². The van der Waals surface area contributed by atoms with Gasteiger partial charge in [-0.05, 0) is 11.6 Å². The minimum absolute atomic E-state index is 0.233. The maximum absolute atomic E-state index is 12.1. The molecule has 2 heterocycles. The van der Waals surface area contributed by atoms with Gasteiger partial charge >= 0.3 is 0 Å². The molecule has 5 nitrogen and oxygen atoms in total. The highest BCUT2D eigenvalue weighted by Gasteiger charge is 2.30. The predicted molar refractivity (Wildman–Crippen MR) is 61.8 cm³/mol. The average molecular weight is 229 g/mol. The highest BCUT2D eigenvalue weighted by molar-refractivity contribution is 5.86. The van der Waals surface area contributed by atoms with Crippen molar-refractivity contribution in [1.82, 2.24) is 9.78 Å². The molecule has 1 aliphatic rings. The van der Waals surface area contributed by atoms with E-state index in [-0.39, 0.29) is 5.91 Å². The van der Waals surface area contributed by atoms with Crippen LogP contribution in [0.4, 0.5) is 5.82 Å². The van der Waals surface area contributed by atoms with Gasteiger partial charge in [0.2, 0.25) is 0 Å². The Balaban J connectivity index is 1.86. The third-order valence-electron chi connectivity index (χ3n) is 2.80.